The van der Waals surface area contributed by atoms with Crippen LogP contribution in [0.2, 0.25) is 0 Å². The van der Waals surface area contributed by atoms with Crippen molar-refractivity contribution in [3.8, 4) is 11.5 Å². The van der Waals surface area contributed by atoms with Gasteiger partial charge in [-0.25, -0.2) is 4.79 Å². The molecule has 0 saturated carbocycles. The summed E-state index contributed by atoms with van der Waals surface area (Å²) in [7, 11) is 7.97. The lowest BCUT2D eigenvalue weighted by Crippen LogP contribution is -2.19. The van der Waals surface area contributed by atoms with Crippen molar-refractivity contribution in [1.29, 1.82) is 0 Å². The Morgan fingerprint density at radius 2 is 1.33 bits per heavy atom. The summed E-state index contributed by atoms with van der Waals surface area (Å²) in [6, 6.07) is 11.1. The lowest BCUT2D eigenvalue weighted by atomic mass is 10.1. The molecule has 0 radical (unpaired) electrons. The maximum atomic E-state index is 12.5. The van der Waals surface area contributed by atoms with E-state index in [0.29, 0.717) is 35.7 Å². The predicted molar refractivity (Wildman–Crippen MR) is 108 cm³/mol. The van der Waals surface area contributed by atoms with Gasteiger partial charge in [-0.3, -0.25) is 0 Å². The average Bonchev–Trinajstić information content (AvgIpc) is 2.61. The summed E-state index contributed by atoms with van der Waals surface area (Å²) >= 11 is 0. The van der Waals surface area contributed by atoms with Crippen LogP contribution in [0.1, 0.15) is 0 Å². The fourth-order valence-corrected chi connectivity index (χ4v) is 2.76. The third-order valence-corrected chi connectivity index (χ3v) is 4.27. The van der Waals surface area contributed by atoms with Crippen LogP contribution in [0.5, 0.6) is 11.5 Å². The van der Waals surface area contributed by atoms with Gasteiger partial charge in [-0.05, 0) is 58.5 Å². The Morgan fingerprint density at radius 3 is 1.93 bits per heavy atom. The fraction of sp³-hybridized carbons (Fsp3) is 0.381. The standard InChI is InChI=1S/C21H26N2O4/c1-22(2)9-11-25-15-5-7-17-18-8-6-16(26-12-10-23(3)4)14-20(18)27-21(24)19(17)13-15/h5-8,13-14H,9-12H2,1-4H3. The smallest absolute Gasteiger partial charge is 0.344 e. The number of fused-ring (bicyclic) bond motifs is 3. The highest BCUT2D eigenvalue weighted by Crippen LogP contribution is 2.28. The van der Waals surface area contributed by atoms with Gasteiger partial charge in [0.1, 0.15) is 30.3 Å². The zero-order valence-electron chi connectivity index (χ0n) is 16.3. The molecule has 0 unspecified atom stereocenters. The highest BCUT2D eigenvalue weighted by atomic mass is 16.5. The molecular formula is C21H26N2O4. The molecule has 0 N–H and O–H groups in total. The largest absolute Gasteiger partial charge is 0.492 e. The van der Waals surface area contributed by atoms with Gasteiger partial charge in [0, 0.05) is 29.9 Å². The van der Waals surface area contributed by atoms with E-state index in [1.165, 1.54) is 0 Å². The monoisotopic (exact) mass is 370 g/mol. The molecule has 0 aliphatic carbocycles. The summed E-state index contributed by atoms with van der Waals surface area (Å²) in [6.45, 7) is 2.76. The fourth-order valence-electron chi connectivity index (χ4n) is 2.76. The Labute approximate surface area is 158 Å². The number of rotatable bonds is 8. The van der Waals surface area contributed by atoms with Crippen LogP contribution in [0.15, 0.2) is 45.6 Å². The summed E-state index contributed by atoms with van der Waals surface area (Å²) in [5.41, 5.74) is 0.150. The first kappa shape index (κ1) is 19.2. The van der Waals surface area contributed by atoms with Crippen molar-refractivity contribution in [3.63, 3.8) is 0 Å². The van der Waals surface area contributed by atoms with E-state index in [1.54, 1.807) is 12.1 Å². The summed E-state index contributed by atoms with van der Waals surface area (Å²) in [4.78, 5) is 16.6. The topological polar surface area (TPSA) is 55.1 Å². The predicted octanol–water partition coefficient (Wildman–Crippen LogP) is 2.83. The molecule has 0 aliphatic rings. The molecule has 0 saturated heterocycles. The molecular weight excluding hydrogens is 344 g/mol. The molecule has 3 aromatic rings. The van der Waals surface area contributed by atoms with Gasteiger partial charge in [0.2, 0.25) is 0 Å². The number of hydrogen-bond acceptors (Lipinski definition) is 6. The maximum Gasteiger partial charge on any atom is 0.344 e. The third kappa shape index (κ3) is 4.78. The quantitative estimate of drug-likeness (QED) is 0.449. The van der Waals surface area contributed by atoms with E-state index in [4.69, 9.17) is 13.9 Å². The van der Waals surface area contributed by atoms with Gasteiger partial charge in [-0.1, -0.05) is 0 Å². The molecule has 6 nitrogen and oxygen atoms in total. The second-order valence-corrected chi connectivity index (χ2v) is 7.06. The molecule has 0 aliphatic heterocycles. The van der Waals surface area contributed by atoms with Crippen molar-refractivity contribution in [3.05, 3.63) is 46.8 Å². The molecule has 0 spiro atoms. The first-order valence-corrected chi connectivity index (χ1v) is 9.00. The summed E-state index contributed by atoms with van der Waals surface area (Å²) in [6.07, 6.45) is 0. The second-order valence-electron chi connectivity index (χ2n) is 7.06. The van der Waals surface area contributed by atoms with Crippen LogP contribution in [0.3, 0.4) is 0 Å². The Hall–Kier alpha value is -2.57. The highest BCUT2D eigenvalue weighted by Gasteiger charge is 2.10. The van der Waals surface area contributed by atoms with Gasteiger partial charge in [0.05, 0.1) is 5.39 Å². The van der Waals surface area contributed by atoms with Gasteiger partial charge in [-0.2, -0.15) is 0 Å². The Balaban J connectivity index is 1.88. The molecule has 144 valence electrons. The van der Waals surface area contributed by atoms with Crippen molar-refractivity contribution in [2.75, 3.05) is 54.5 Å². The van der Waals surface area contributed by atoms with Crippen molar-refractivity contribution in [1.82, 2.24) is 9.80 Å². The van der Waals surface area contributed by atoms with Crippen molar-refractivity contribution >= 4 is 21.7 Å². The van der Waals surface area contributed by atoms with Gasteiger partial charge < -0.3 is 23.7 Å². The van der Waals surface area contributed by atoms with Crippen LogP contribution in [-0.2, 0) is 0 Å². The molecule has 0 atom stereocenters. The van der Waals surface area contributed by atoms with E-state index in [1.807, 2.05) is 62.3 Å². The SMILES string of the molecule is CN(C)CCOc1ccc2c(c1)oc(=O)c1cc(OCCN(C)C)ccc12. The number of likely N-dealkylation sites (N-methyl/N-ethyl adjacent to an activating group) is 2. The zero-order chi connectivity index (χ0) is 19.4. The first-order valence-electron chi connectivity index (χ1n) is 9.00. The maximum absolute atomic E-state index is 12.5. The van der Waals surface area contributed by atoms with E-state index >= 15 is 0 Å². The number of benzene rings is 2. The van der Waals surface area contributed by atoms with Crippen LogP contribution < -0.4 is 15.1 Å². The van der Waals surface area contributed by atoms with Gasteiger partial charge in [0.15, 0.2) is 0 Å². The van der Waals surface area contributed by atoms with Crippen molar-refractivity contribution in [2.24, 2.45) is 0 Å². The molecule has 0 fully saturated rings. The lowest BCUT2D eigenvalue weighted by molar-refractivity contribution is 0.261. The lowest BCUT2D eigenvalue weighted by Gasteiger charge is -2.12. The molecule has 3 rings (SSSR count). The van der Waals surface area contributed by atoms with E-state index in [-0.39, 0.29) is 5.63 Å². The van der Waals surface area contributed by atoms with E-state index in [0.717, 1.165) is 23.9 Å². The van der Waals surface area contributed by atoms with E-state index in [9.17, 15) is 4.79 Å². The van der Waals surface area contributed by atoms with Crippen LogP contribution >= 0.6 is 0 Å². The number of nitrogens with zero attached hydrogens (tertiary/aromatic N) is 2. The number of hydrogen-bond donors (Lipinski definition) is 0. The first-order chi connectivity index (χ1) is 12.9. The van der Waals surface area contributed by atoms with Gasteiger partial charge in [0.25, 0.3) is 0 Å². The van der Waals surface area contributed by atoms with Crippen LogP contribution in [-0.4, -0.2) is 64.3 Å². The molecule has 6 heteroatoms. The molecule has 0 bridgehead atoms. The Morgan fingerprint density at radius 1 is 0.778 bits per heavy atom. The van der Waals surface area contributed by atoms with Crippen molar-refractivity contribution < 1.29 is 13.9 Å². The number of ether oxygens (including phenoxy) is 2. The minimum absolute atomic E-state index is 0.374. The average molecular weight is 370 g/mol. The highest BCUT2D eigenvalue weighted by molar-refractivity contribution is 6.04. The minimum atomic E-state index is -0.374. The third-order valence-electron chi connectivity index (χ3n) is 4.27. The second kappa shape index (κ2) is 8.41. The van der Waals surface area contributed by atoms with Gasteiger partial charge >= 0.3 is 5.63 Å². The molecule has 1 aromatic heterocycles. The molecule has 0 amide bonds. The molecule has 27 heavy (non-hydrogen) atoms. The normalized spacial score (nSPS) is 11.6. The zero-order valence-corrected chi connectivity index (χ0v) is 16.3. The summed E-state index contributed by atoms with van der Waals surface area (Å²) < 4.78 is 17.0. The molecule has 2 aromatic carbocycles. The summed E-state index contributed by atoms with van der Waals surface area (Å²) in [5, 5.41) is 2.25. The van der Waals surface area contributed by atoms with Crippen molar-refractivity contribution in [2.45, 2.75) is 0 Å². The minimum Gasteiger partial charge on any atom is -0.492 e. The van der Waals surface area contributed by atoms with Gasteiger partial charge in [-0.15, -0.1) is 0 Å². The summed E-state index contributed by atoms with van der Waals surface area (Å²) in [5.74, 6) is 1.36. The van der Waals surface area contributed by atoms with Crippen LogP contribution in [0, 0.1) is 0 Å². The molecule has 1 heterocycles. The Kier molecular flexibility index (Phi) is 5.98. The van der Waals surface area contributed by atoms with Crippen LogP contribution in [0.4, 0.5) is 0 Å². The van der Waals surface area contributed by atoms with E-state index in [2.05, 4.69) is 0 Å². The van der Waals surface area contributed by atoms with E-state index < -0.39 is 0 Å². The van der Waals surface area contributed by atoms with Crippen LogP contribution in [0.25, 0.3) is 21.7 Å². The Bertz CT molecular complexity index is 979.